The molecule has 0 atom stereocenters. The van der Waals surface area contributed by atoms with Gasteiger partial charge in [0.05, 0.1) is 11.8 Å². The maximum atomic E-state index is 12.3. The van der Waals surface area contributed by atoms with Gasteiger partial charge >= 0.3 is 0 Å². The number of nitrogens with one attached hydrogen (secondary N) is 2. The van der Waals surface area contributed by atoms with Gasteiger partial charge in [-0.3, -0.25) is 9.89 Å². The number of carbonyl (C=O) groups is 1. The number of H-pyrrole nitrogens is 2. The van der Waals surface area contributed by atoms with Crippen LogP contribution >= 0.6 is 0 Å². The van der Waals surface area contributed by atoms with E-state index in [0.717, 1.165) is 25.9 Å². The lowest BCUT2D eigenvalue weighted by Crippen LogP contribution is -2.37. The number of para-hydroxylation sites is 1. The van der Waals surface area contributed by atoms with Crippen LogP contribution in [0.15, 0.2) is 42.9 Å². The lowest BCUT2D eigenvalue weighted by atomic mass is 9.89. The highest BCUT2D eigenvalue weighted by Gasteiger charge is 2.26. The first kappa shape index (κ1) is 13.1. The maximum Gasteiger partial charge on any atom is 0.257 e. The SMILES string of the molecule is O=C(c1cn[nH]c1)N1CCC(c2c[nH]c3ccccc23)CC1. The summed E-state index contributed by atoms with van der Waals surface area (Å²) in [7, 11) is 0. The summed E-state index contributed by atoms with van der Waals surface area (Å²) in [6.07, 6.45) is 7.39. The lowest BCUT2D eigenvalue weighted by molar-refractivity contribution is 0.0713. The fourth-order valence-corrected chi connectivity index (χ4v) is 3.38. The van der Waals surface area contributed by atoms with Crippen LogP contribution in [-0.4, -0.2) is 39.1 Å². The van der Waals surface area contributed by atoms with Crippen molar-refractivity contribution in [1.29, 1.82) is 0 Å². The Morgan fingerprint density at radius 1 is 1.18 bits per heavy atom. The standard InChI is InChI=1S/C17H18N4O/c22-17(13-9-19-20-10-13)21-7-5-12(6-8-21)15-11-18-16-4-2-1-3-14(15)16/h1-4,9-12,18H,5-8H2,(H,19,20). The molecule has 0 radical (unpaired) electrons. The molecule has 5 nitrogen and oxygen atoms in total. The third-order valence-corrected chi connectivity index (χ3v) is 4.59. The van der Waals surface area contributed by atoms with Crippen LogP contribution in [-0.2, 0) is 0 Å². The van der Waals surface area contributed by atoms with Gasteiger partial charge in [0.2, 0.25) is 0 Å². The van der Waals surface area contributed by atoms with E-state index in [0.29, 0.717) is 11.5 Å². The zero-order valence-corrected chi connectivity index (χ0v) is 12.2. The number of carbonyl (C=O) groups excluding carboxylic acids is 1. The molecule has 22 heavy (non-hydrogen) atoms. The highest BCUT2D eigenvalue weighted by Crippen LogP contribution is 2.33. The van der Waals surface area contributed by atoms with Crippen LogP contribution in [0.25, 0.3) is 10.9 Å². The first-order chi connectivity index (χ1) is 10.8. The molecule has 1 aliphatic heterocycles. The van der Waals surface area contributed by atoms with E-state index >= 15 is 0 Å². The fraction of sp³-hybridized carbons (Fsp3) is 0.294. The van der Waals surface area contributed by atoms with Crippen LogP contribution in [0, 0.1) is 0 Å². The molecule has 0 unspecified atom stereocenters. The summed E-state index contributed by atoms with van der Waals surface area (Å²) in [5.41, 5.74) is 3.21. The van der Waals surface area contributed by atoms with E-state index in [4.69, 9.17) is 0 Å². The average Bonchev–Trinajstić information content (AvgIpc) is 3.24. The van der Waals surface area contributed by atoms with Crippen molar-refractivity contribution in [3.8, 4) is 0 Å². The second kappa shape index (κ2) is 5.33. The molecule has 4 rings (SSSR count). The minimum atomic E-state index is 0.0751. The third kappa shape index (κ3) is 2.19. The Bertz CT molecular complexity index is 782. The van der Waals surface area contributed by atoms with Gasteiger partial charge in [0, 0.05) is 36.4 Å². The van der Waals surface area contributed by atoms with E-state index in [1.807, 2.05) is 4.90 Å². The summed E-state index contributed by atoms with van der Waals surface area (Å²) in [5, 5.41) is 7.86. The molecule has 1 saturated heterocycles. The maximum absolute atomic E-state index is 12.3. The molecule has 3 heterocycles. The topological polar surface area (TPSA) is 64.8 Å². The van der Waals surface area contributed by atoms with Crippen molar-refractivity contribution in [3.63, 3.8) is 0 Å². The number of fused-ring (bicyclic) bond motifs is 1. The van der Waals surface area contributed by atoms with Gasteiger partial charge in [-0.15, -0.1) is 0 Å². The number of aromatic nitrogens is 3. The van der Waals surface area contributed by atoms with Gasteiger partial charge in [-0.25, -0.2) is 0 Å². The quantitative estimate of drug-likeness (QED) is 0.763. The summed E-state index contributed by atoms with van der Waals surface area (Å²) >= 11 is 0. The number of hydrogen-bond acceptors (Lipinski definition) is 2. The molecule has 112 valence electrons. The zero-order chi connectivity index (χ0) is 14.9. The number of aromatic amines is 2. The van der Waals surface area contributed by atoms with Crippen molar-refractivity contribution >= 4 is 16.8 Å². The van der Waals surface area contributed by atoms with Crippen molar-refractivity contribution in [2.24, 2.45) is 0 Å². The highest BCUT2D eigenvalue weighted by atomic mass is 16.2. The molecule has 0 aliphatic carbocycles. The Hall–Kier alpha value is -2.56. The van der Waals surface area contributed by atoms with Crippen LogP contribution in [0.4, 0.5) is 0 Å². The molecule has 0 saturated carbocycles. The lowest BCUT2D eigenvalue weighted by Gasteiger charge is -2.31. The average molecular weight is 294 g/mol. The van der Waals surface area contributed by atoms with Crippen molar-refractivity contribution in [1.82, 2.24) is 20.1 Å². The van der Waals surface area contributed by atoms with Gasteiger partial charge in [0.1, 0.15) is 0 Å². The van der Waals surface area contributed by atoms with E-state index in [1.165, 1.54) is 16.5 Å². The molecule has 5 heteroatoms. The van der Waals surface area contributed by atoms with Crippen molar-refractivity contribution in [3.05, 3.63) is 54.0 Å². The van der Waals surface area contributed by atoms with E-state index in [-0.39, 0.29) is 5.91 Å². The first-order valence-electron chi connectivity index (χ1n) is 7.67. The van der Waals surface area contributed by atoms with Gasteiger partial charge in [0.25, 0.3) is 5.91 Å². The van der Waals surface area contributed by atoms with Crippen LogP contribution in [0.2, 0.25) is 0 Å². The van der Waals surface area contributed by atoms with Gasteiger partial charge in [-0.2, -0.15) is 5.10 Å². The van der Waals surface area contributed by atoms with Gasteiger partial charge < -0.3 is 9.88 Å². The molecule has 2 N–H and O–H groups in total. The number of nitrogens with zero attached hydrogens (tertiary/aromatic N) is 2. The van der Waals surface area contributed by atoms with E-state index in [2.05, 4.69) is 45.6 Å². The first-order valence-corrected chi connectivity index (χ1v) is 7.67. The molecular formula is C17H18N4O. The molecule has 3 aromatic rings. The summed E-state index contributed by atoms with van der Waals surface area (Å²) in [6.45, 7) is 1.60. The highest BCUT2D eigenvalue weighted by molar-refractivity contribution is 5.93. The van der Waals surface area contributed by atoms with Gasteiger partial charge in [0.15, 0.2) is 0 Å². The van der Waals surface area contributed by atoms with Crippen LogP contribution < -0.4 is 0 Å². The number of likely N-dealkylation sites (tertiary alicyclic amines) is 1. The molecule has 0 spiro atoms. The minimum Gasteiger partial charge on any atom is -0.361 e. The van der Waals surface area contributed by atoms with Crippen molar-refractivity contribution in [2.75, 3.05) is 13.1 Å². The van der Waals surface area contributed by atoms with Gasteiger partial charge in [-0.1, -0.05) is 18.2 Å². The Labute approximate surface area is 128 Å². The van der Waals surface area contributed by atoms with Gasteiger partial charge in [-0.05, 0) is 30.4 Å². The smallest absolute Gasteiger partial charge is 0.257 e. The zero-order valence-electron chi connectivity index (χ0n) is 12.2. The molecule has 1 fully saturated rings. The summed E-state index contributed by atoms with van der Waals surface area (Å²) < 4.78 is 0. The normalized spacial score (nSPS) is 16.3. The predicted molar refractivity (Wildman–Crippen MR) is 84.8 cm³/mol. The van der Waals surface area contributed by atoms with Crippen molar-refractivity contribution < 1.29 is 4.79 Å². The number of rotatable bonds is 2. The monoisotopic (exact) mass is 294 g/mol. The molecular weight excluding hydrogens is 276 g/mol. The minimum absolute atomic E-state index is 0.0751. The second-order valence-electron chi connectivity index (χ2n) is 5.84. The Morgan fingerprint density at radius 3 is 2.77 bits per heavy atom. The number of hydrogen-bond donors (Lipinski definition) is 2. The summed E-state index contributed by atoms with van der Waals surface area (Å²) in [6, 6.07) is 8.41. The van der Waals surface area contributed by atoms with Crippen LogP contribution in [0.5, 0.6) is 0 Å². The number of benzene rings is 1. The van der Waals surface area contributed by atoms with Crippen LogP contribution in [0.3, 0.4) is 0 Å². The predicted octanol–water partition coefficient (Wildman–Crippen LogP) is 2.91. The van der Waals surface area contributed by atoms with E-state index < -0.39 is 0 Å². The number of piperidine rings is 1. The summed E-state index contributed by atoms with van der Waals surface area (Å²) in [5.74, 6) is 0.593. The largest absolute Gasteiger partial charge is 0.361 e. The van der Waals surface area contributed by atoms with Crippen molar-refractivity contribution in [2.45, 2.75) is 18.8 Å². The molecule has 1 aliphatic rings. The molecule has 2 aromatic heterocycles. The third-order valence-electron chi connectivity index (χ3n) is 4.59. The Balaban J connectivity index is 1.49. The van der Waals surface area contributed by atoms with Crippen LogP contribution in [0.1, 0.15) is 34.7 Å². The van der Waals surface area contributed by atoms with E-state index in [1.54, 1.807) is 12.4 Å². The summed E-state index contributed by atoms with van der Waals surface area (Å²) in [4.78, 5) is 17.6. The molecule has 0 bridgehead atoms. The van der Waals surface area contributed by atoms with E-state index in [9.17, 15) is 4.79 Å². The Kier molecular flexibility index (Phi) is 3.18. The second-order valence-corrected chi connectivity index (χ2v) is 5.84. The fourth-order valence-electron chi connectivity index (χ4n) is 3.38. The Morgan fingerprint density at radius 2 is 2.00 bits per heavy atom. The molecule has 1 aromatic carbocycles. The molecule has 1 amide bonds. The number of amides is 1.